The molecular weight excluding hydrogens is 234 g/mol. The summed E-state index contributed by atoms with van der Waals surface area (Å²) in [7, 11) is 0. The van der Waals surface area contributed by atoms with Gasteiger partial charge in [0.15, 0.2) is 0 Å². The van der Waals surface area contributed by atoms with Crippen LogP contribution >= 0.6 is 12.2 Å². The van der Waals surface area contributed by atoms with Gasteiger partial charge in [0.05, 0.1) is 12.4 Å². The Morgan fingerprint density at radius 3 is 2.71 bits per heavy atom. The lowest BCUT2D eigenvalue weighted by Gasteiger charge is -2.05. The molecule has 2 rings (SSSR count). The van der Waals surface area contributed by atoms with Gasteiger partial charge >= 0.3 is 0 Å². The average Bonchev–Trinajstić information content (AvgIpc) is 2.29. The largest absolute Gasteiger partial charge is 0.437 e. The first-order chi connectivity index (χ1) is 8.15. The normalized spacial score (nSPS) is 9.94. The molecule has 2 N–H and O–H groups in total. The lowest BCUT2D eigenvalue weighted by atomic mass is 10.2. The third-order valence-electron chi connectivity index (χ3n) is 2.09. The zero-order chi connectivity index (χ0) is 12.3. The van der Waals surface area contributed by atoms with E-state index in [9.17, 15) is 0 Å². The Hall–Kier alpha value is -2.01. The predicted octanol–water partition coefficient (Wildman–Crippen LogP) is 2.21. The molecule has 0 aliphatic carbocycles. The fourth-order valence-corrected chi connectivity index (χ4v) is 1.40. The maximum Gasteiger partial charge on any atom is 0.237 e. The molecule has 0 saturated carbocycles. The van der Waals surface area contributed by atoms with E-state index >= 15 is 0 Å². The molecule has 1 aromatic carbocycles. The fraction of sp³-hybridized carbons (Fsp3) is 0.0833. The second-order valence-electron chi connectivity index (χ2n) is 3.52. The lowest BCUT2D eigenvalue weighted by molar-refractivity contribution is 0.459. The first kappa shape index (κ1) is 11.5. The molecule has 17 heavy (non-hydrogen) atoms. The number of hydrogen-bond donors (Lipinski definition) is 1. The van der Waals surface area contributed by atoms with Gasteiger partial charge in [0, 0.05) is 0 Å². The van der Waals surface area contributed by atoms with Crippen molar-refractivity contribution in [3.8, 4) is 11.6 Å². The molecule has 2 aromatic rings. The quantitative estimate of drug-likeness (QED) is 0.840. The van der Waals surface area contributed by atoms with Crippen LogP contribution < -0.4 is 10.5 Å². The molecule has 0 atom stereocenters. The topological polar surface area (TPSA) is 61.0 Å². The molecule has 0 amide bonds. The number of aryl methyl sites for hydroxylation is 1. The van der Waals surface area contributed by atoms with Gasteiger partial charge in [-0.1, -0.05) is 24.4 Å². The molecule has 0 unspecified atom stereocenters. The van der Waals surface area contributed by atoms with Gasteiger partial charge in [0.1, 0.15) is 16.4 Å². The standard InChI is InChI=1S/C12H11N3OS/c1-8-3-2-4-9(5-8)16-11-7-14-10(6-15-11)12(13)17/h2-7H,1H3,(H2,13,17). The molecule has 0 bridgehead atoms. The van der Waals surface area contributed by atoms with Crippen molar-refractivity contribution in [2.75, 3.05) is 0 Å². The summed E-state index contributed by atoms with van der Waals surface area (Å²) in [5.41, 5.74) is 7.03. The second kappa shape index (κ2) is 4.88. The van der Waals surface area contributed by atoms with Crippen molar-refractivity contribution >= 4 is 17.2 Å². The zero-order valence-corrected chi connectivity index (χ0v) is 10.1. The molecule has 5 heteroatoms. The summed E-state index contributed by atoms with van der Waals surface area (Å²) in [6.45, 7) is 1.99. The van der Waals surface area contributed by atoms with Gasteiger partial charge in [-0.2, -0.15) is 0 Å². The van der Waals surface area contributed by atoms with Crippen LogP contribution in [0.1, 0.15) is 11.3 Å². The van der Waals surface area contributed by atoms with Crippen LogP contribution in [0.4, 0.5) is 0 Å². The highest BCUT2D eigenvalue weighted by Crippen LogP contribution is 2.19. The summed E-state index contributed by atoms with van der Waals surface area (Å²) in [4.78, 5) is 8.34. The van der Waals surface area contributed by atoms with E-state index in [0.717, 1.165) is 11.3 Å². The van der Waals surface area contributed by atoms with Crippen molar-refractivity contribution in [3.05, 3.63) is 47.9 Å². The molecule has 0 aliphatic heterocycles. The Morgan fingerprint density at radius 2 is 2.12 bits per heavy atom. The van der Waals surface area contributed by atoms with Gasteiger partial charge in [-0.05, 0) is 24.6 Å². The maximum atomic E-state index is 5.54. The second-order valence-corrected chi connectivity index (χ2v) is 3.96. The Morgan fingerprint density at radius 1 is 1.29 bits per heavy atom. The minimum absolute atomic E-state index is 0.222. The number of hydrogen-bond acceptors (Lipinski definition) is 4. The number of aromatic nitrogens is 2. The van der Waals surface area contributed by atoms with Crippen LogP contribution in [0.25, 0.3) is 0 Å². The number of ether oxygens (including phenoxy) is 1. The van der Waals surface area contributed by atoms with Crippen molar-refractivity contribution < 1.29 is 4.74 Å². The molecule has 1 aromatic heterocycles. The molecule has 4 nitrogen and oxygen atoms in total. The minimum atomic E-state index is 0.222. The summed E-state index contributed by atoms with van der Waals surface area (Å²) >= 11 is 4.79. The Labute approximate surface area is 104 Å². The van der Waals surface area contributed by atoms with E-state index in [1.54, 1.807) is 0 Å². The smallest absolute Gasteiger partial charge is 0.237 e. The maximum absolute atomic E-state index is 5.54. The molecule has 0 spiro atoms. The molecule has 0 saturated heterocycles. The predicted molar refractivity (Wildman–Crippen MR) is 69.2 cm³/mol. The Bertz CT molecular complexity index is 540. The van der Waals surface area contributed by atoms with E-state index in [2.05, 4.69) is 9.97 Å². The number of rotatable bonds is 3. The van der Waals surface area contributed by atoms with Crippen molar-refractivity contribution in [3.63, 3.8) is 0 Å². The van der Waals surface area contributed by atoms with Gasteiger partial charge in [-0.3, -0.25) is 0 Å². The van der Waals surface area contributed by atoms with E-state index in [1.807, 2.05) is 31.2 Å². The molecular formula is C12H11N3OS. The third kappa shape index (κ3) is 2.98. The third-order valence-corrected chi connectivity index (χ3v) is 2.30. The van der Waals surface area contributed by atoms with Gasteiger partial charge in [0.2, 0.25) is 5.88 Å². The highest BCUT2D eigenvalue weighted by atomic mass is 32.1. The molecule has 0 aliphatic rings. The number of nitrogens with two attached hydrogens (primary N) is 1. The zero-order valence-electron chi connectivity index (χ0n) is 9.25. The van der Waals surface area contributed by atoms with E-state index in [4.69, 9.17) is 22.7 Å². The van der Waals surface area contributed by atoms with Gasteiger partial charge in [-0.25, -0.2) is 9.97 Å². The lowest BCUT2D eigenvalue weighted by Crippen LogP contribution is -2.11. The van der Waals surface area contributed by atoms with Crippen LogP contribution in [0.5, 0.6) is 11.6 Å². The van der Waals surface area contributed by atoms with E-state index in [0.29, 0.717) is 11.6 Å². The van der Waals surface area contributed by atoms with Crippen molar-refractivity contribution in [2.24, 2.45) is 5.73 Å². The minimum Gasteiger partial charge on any atom is -0.437 e. The van der Waals surface area contributed by atoms with Crippen LogP contribution in [0.15, 0.2) is 36.7 Å². The van der Waals surface area contributed by atoms with Gasteiger partial charge < -0.3 is 10.5 Å². The molecule has 1 heterocycles. The number of nitrogens with zero attached hydrogens (tertiary/aromatic N) is 2. The van der Waals surface area contributed by atoms with E-state index < -0.39 is 0 Å². The SMILES string of the molecule is Cc1cccc(Oc2cnc(C(N)=S)cn2)c1. The summed E-state index contributed by atoms with van der Waals surface area (Å²) in [6.07, 6.45) is 2.99. The highest BCUT2D eigenvalue weighted by molar-refractivity contribution is 7.80. The van der Waals surface area contributed by atoms with Crippen LogP contribution in [-0.2, 0) is 0 Å². The average molecular weight is 245 g/mol. The molecule has 0 fully saturated rings. The number of thiocarbonyl (C=S) groups is 1. The van der Waals surface area contributed by atoms with Gasteiger partial charge in [-0.15, -0.1) is 0 Å². The summed E-state index contributed by atoms with van der Waals surface area (Å²) in [5.74, 6) is 1.14. The number of benzene rings is 1. The van der Waals surface area contributed by atoms with E-state index in [1.165, 1.54) is 12.4 Å². The Balaban J connectivity index is 2.16. The Kier molecular flexibility index (Phi) is 3.30. The summed E-state index contributed by atoms with van der Waals surface area (Å²) < 4.78 is 5.54. The van der Waals surface area contributed by atoms with Crippen LogP contribution in [-0.4, -0.2) is 15.0 Å². The summed E-state index contributed by atoms with van der Waals surface area (Å²) in [6, 6.07) is 7.69. The van der Waals surface area contributed by atoms with Crippen LogP contribution in [0.2, 0.25) is 0 Å². The highest BCUT2D eigenvalue weighted by Gasteiger charge is 2.02. The summed E-state index contributed by atoms with van der Waals surface area (Å²) in [5, 5.41) is 0. The molecule has 0 radical (unpaired) electrons. The van der Waals surface area contributed by atoms with E-state index in [-0.39, 0.29) is 4.99 Å². The van der Waals surface area contributed by atoms with Crippen LogP contribution in [0, 0.1) is 6.92 Å². The van der Waals surface area contributed by atoms with Crippen LogP contribution in [0.3, 0.4) is 0 Å². The monoisotopic (exact) mass is 245 g/mol. The molecule has 86 valence electrons. The van der Waals surface area contributed by atoms with Gasteiger partial charge in [0.25, 0.3) is 0 Å². The van der Waals surface area contributed by atoms with Crippen molar-refractivity contribution in [1.82, 2.24) is 9.97 Å². The van der Waals surface area contributed by atoms with Crippen molar-refractivity contribution in [1.29, 1.82) is 0 Å². The first-order valence-corrected chi connectivity index (χ1v) is 5.42. The van der Waals surface area contributed by atoms with Crippen molar-refractivity contribution in [2.45, 2.75) is 6.92 Å². The fourth-order valence-electron chi connectivity index (χ4n) is 1.30. The first-order valence-electron chi connectivity index (χ1n) is 5.01.